The van der Waals surface area contributed by atoms with Gasteiger partial charge in [-0.2, -0.15) is 4.72 Å². The van der Waals surface area contributed by atoms with E-state index in [1.54, 1.807) is 37.4 Å². The molecule has 130 valence electrons. The molecule has 24 heavy (non-hydrogen) atoms. The minimum Gasteiger partial charge on any atom is -0.351 e. The second-order valence-corrected chi connectivity index (χ2v) is 8.94. The summed E-state index contributed by atoms with van der Waals surface area (Å²) in [6, 6.07) is 9.42. The third-order valence-corrected chi connectivity index (χ3v) is 6.46. The molecule has 2 rings (SSSR count). The van der Waals surface area contributed by atoms with Gasteiger partial charge in [-0.1, -0.05) is 43.6 Å². The minimum atomic E-state index is -3.70. The van der Waals surface area contributed by atoms with Crippen LogP contribution in [0.4, 0.5) is 0 Å². The van der Waals surface area contributed by atoms with Crippen molar-refractivity contribution >= 4 is 38.9 Å². The topological polar surface area (TPSA) is 75.3 Å². The Hall–Kier alpha value is -1.41. The van der Waals surface area contributed by atoms with E-state index >= 15 is 0 Å². The molecule has 8 heteroatoms. The van der Waals surface area contributed by atoms with E-state index in [4.69, 9.17) is 11.6 Å². The van der Waals surface area contributed by atoms with Crippen molar-refractivity contribution < 1.29 is 13.2 Å². The number of benzene rings is 1. The summed E-state index contributed by atoms with van der Waals surface area (Å²) in [5.41, 5.74) is 0.886. The third kappa shape index (κ3) is 5.04. The second kappa shape index (κ2) is 8.11. The number of amides is 1. The largest absolute Gasteiger partial charge is 0.351 e. The molecule has 1 heterocycles. The molecule has 5 nitrogen and oxygen atoms in total. The maximum atomic E-state index is 12.4. The molecule has 0 radical (unpaired) electrons. The Morgan fingerprint density at radius 3 is 2.42 bits per heavy atom. The standard InChI is InChI=1S/C16H19ClN2O3S2/c1-11(2)15(19-24(21,22)14-4-3-9-23-14)16(20)18-10-12-5-7-13(17)8-6-12/h3-9,11,15,19H,10H2,1-2H3,(H,18,20)/t15-/m0/s1. The number of hydrogen-bond donors (Lipinski definition) is 2. The van der Waals surface area contributed by atoms with E-state index in [-0.39, 0.29) is 16.0 Å². The molecular weight excluding hydrogens is 368 g/mol. The average molecular weight is 387 g/mol. The highest BCUT2D eigenvalue weighted by Crippen LogP contribution is 2.17. The molecule has 0 bridgehead atoms. The van der Waals surface area contributed by atoms with E-state index in [1.807, 2.05) is 12.1 Å². The Kier molecular flexibility index (Phi) is 6.40. The Morgan fingerprint density at radius 1 is 1.21 bits per heavy atom. The summed E-state index contributed by atoms with van der Waals surface area (Å²) in [7, 11) is -3.70. The van der Waals surface area contributed by atoms with E-state index in [0.717, 1.165) is 16.9 Å². The predicted molar refractivity (Wildman–Crippen MR) is 96.6 cm³/mol. The number of halogens is 1. The molecule has 0 aliphatic heterocycles. The monoisotopic (exact) mass is 386 g/mol. The fraction of sp³-hybridized carbons (Fsp3) is 0.312. The number of thiophene rings is 1. The molecule has 1 amide bonds. The van der Waals surface area contributed by atoms with Crippen LogP contribution < -0.4 is 10.0 Å². The van der Waals surface area contributed by atoms with Crippen molar-refractivity contribution in [1.29, 1.82) is 0 Å². The van der Waals surface area contributed by atoms with E-state index in [0.29, 0.717) is 11.6 Å². The van der Waals surface area contributed by atoms with Crippen LogP contribution in [0.15, 0.2) is 46.0 Å². The van der Waals surface area contributed by atoms with Gasteiger partial charge >= 0.3 is 0 Å². The molecular formula is C16H19ClN2O3S2. The lowest BCUT2D eigenvalue weighted by Crippen LogP contribution is -2.49. The number of sulfonamides is 1. The second-order valence-electron chi connectivity index (χ2n) is 5.62. The zero-order valence-corrected chi connectivity index (χ0v) is 15.7. The molecule has 0 unspecified atom stereocenters. The van der Waals surface area contributed by atoms with Gasteiger partial charge in [0.05, 0.1) is 0 Å². The highest BCUT2D eigenvalue weighted by atomic mass is 35.5. The maximum absolute atomic E-state index is 12.4. The van der Waals surface area contributed by atoms with Crippen LogP contribution in [0.2, 0.25) is 5.02 Å². The summed E-state index contributed by atoms with van der Waals surface area (Å²) in [6.45, 7) is 3.90. The summed E-state index contributed by atoms with van der Waals surface area (Å²) in [6.07, 6.45) is 0. The number of nitrogens with one attached hydrogen (secondary N) is 2. The van der Waals surface area contributed by atoms with Gasteiger partial charge in [0, 0.05) is 11.6 Å². The van der Waals surface area contributed by atoms with Gasteiger partial charge in [-0.15, -0.1) is 11.3 Å². The van der Waals surface area contributed by atoms with Crippen LogP contribution in [0.25, 0.3) is 0 Å². The first-order chi connectivity index (χ1) is 11.3. The smallest absolute Gasteiger partial charge is 0.250 e. The van der Waals surface area contributed by atoms with Crippen molar-refractivity contribution in [2.75, 3.05) is 0 Å². The average Bonchev–Trinajstić information content (AvgIpc) is 3.07. The van der Waals surface area contributed by atoms with Crippen molar-refractivity contribution in [2.24, 2.45) is 5.92 Å². The van der Waals surface area contributed by atoms with Crippen molar-refractivity contribution in [2.45, 2.75) is 30.6 Å². The van der Waals surface area contributed by atoms with Gasteiger partial charge in [-0.3, -0.25) is 4.79 Å². The van der Waals surface area contributed by atoms with Crippen LogP contribution in [0, 0.1) is 5.92 Å². The summed E-state index contributed by atoms with van der Waals surface area (Å²) in [5.74, 6) is -0.551. The number of rotatable bonds is 7. The molecule has 0 aliphatic carbocycles. The van der Waals surface area contributed by atoms with Crippen molar-refractivity contribution in [3.05, 3.63) is 52.4 Å². The van der Waals surface area contributed by atoms with Gasteiger partial charge in [0.1, 0.15) is 10.3 Å². The van der Waals surface area contributed by atoms with Crippen molar-refractivity contribution in [1.82, 2.24) is 10.0 Å². The fourth-order valence-corrected chi connectivity index (χ4v) is 4.51. The first-order valence-electron chi connectivity index (χ1n) is 7.37. The molecule has 2 N–H and O–H groups in total. The molecule has 0 spiro atoms. The van der Waals surface area contributed by atoms with Crippen LogP contribution >= 0.6 is 22.9 Å². The SMILES string of the molecule is CC(C)[C@H](NS(=O)(=O)c1cccs1)C(=O)NCc1ccc(Cl)cc1. The molecule has 0 saturated carbocycles. The third-order valence-electron chi connectivity index (χ3n) is 3.37. The van der Waals surface area contributed by atoms with E-state index in [2.05, 4.69) is 10.0 Å². The number of carbonyl (C=O) groups is 1. The molecule has 0 aliphatic rings. The Bertz CT molecular complexity index is 772. The first-order valence-corrected chi connectivity index (χ1v) is 10.1. The van der Waals surface area contributed by atoms with Gasteiger partial charge in [0.15, 0.2) is 0 Å². The summed E-state index contributed by atoms with van der Waals surface area (Å²) in [4.78, 5) is 12.4. The highest BCUT2D eigenvalue weighted by Gasteiger charge is 2.28. The number of carbonyl (C=O) groups excluding carboxylic acids is 1. The van der Waals surface area contributed by atoms with E-state index in [1.165, 1.54) is 6.07 Å². The zero-order chi connectivity index (χ0) is 17.7. The van der Waals surface area contributed by atoms with Crippen molar-refractivity contribution in [3.8, 4) is 0 Å². The molecule has 1 aromatic carbocycles. The maximum Gasteiger partial charge on any atom is 0.250 e. The predicted octanol–water partition coefficient (Wildman–Crippen LogP) is 3.02. The van der Waals surface area contributed by atoms with Gasteiger partial charge in [0.25, 0.3) is 10.0 Å². The first kappa shape index (κ1) is 18.9. The summed E-state index contributed by atoms with van der Waals surface area (Å²) in [5, 5.41) is 5.06. The molecule has 2 aromatic rings. The molecule has 0 fully saturated rings. The Morgan fingerprint density at radius 2 is 1.88 bits per heavy atom. The van der Waals surface area contributed by atoms with E-state index in [9.17, 15) is 13.2 Å². The lowest BCUT2D eigenvalue weighted by molar-refractivity contribution is -0.123. The Balaban J connectivity index is 2.04. The summed E-state index contributed by atoms with van der Waals surface area (Å²) < 4.78 is 27.3. The van der Waals surface area contributed by atoms with Crippen LogP contribution in [-0.4, -0.2) is 20.4 Å². The van der Waals surface area contributed by atoms with Gasteiger partial charge in [-0.25, -0.2) is 8.42 Å². The summed E-state index contributed by atoms with van der Waals surface area (Å²) >= 11 is 6.94. The minimum absolute atomic E-state index is 0.190. The lowest BCUT2D eigenvalue weighted by atomic mass is 10.0. The molecule has 1 atom stereocenters. The van der Waals surface area contributed by atoms with Gasteiger partial charge < -0.3 is 5.32 Å². The quantitative estimate of drug-likeness (QED) is 0.768. The number of hydrogen-bond acceptors (Lipinski definition) is 4. The van der Waals surface area contributed by atoms with E-state index < -0.39 is 16.1 Å². The van der Waals surface area contributed by atoms with Crippen LogP contribution in [0.1, 0.15) is 19.4 Å². The fourth-order valence-electron chi connectivity index (χ4n) is 2.04. The van der Waals surface area contributed by atoms with Crippen molar-refractivity contribution in [3.63, 3.8) is 0 Å². The molecule has 0 saturated heterocycles. The Labute approximate surface area is 151 Å². The zero-order valence-electron chi connectivity index (χ0n) is 13.3. The van der Waals surface area contributed by atoms with Gasteiger partial charge in [-0.05, 0) is 35.1 Å². The molecule has 1 aromatic heterocycles. The highest BCUT2D eigenvalue weighted by molar-refractivity contribution is 7.91. The van der Waals surface area contributed by atoms with Crippen LogP contribution in [-0.2, 0) is 21.4 Å². The normalized spacial score (nSPS) is 13.0. The lowest BCUT2D eigenvalue weighted by Gasteiger charge is -2.21. The van der Waals surface area contributed by atoms with Crippen LogP contribution in [0.5, 0.6) is 0 Å². The van der Waals surface area contributed by atoms with Gasteiger partial charge in [0.2, 0.25) is 5.91 Å². The van der Waals surface area contributed by atoms with Crippen LogP contribution in [0.3, 0.4) is 0 Å².